The summed E-state index contributed by atoms with van der Waals surface area (Å²) in [5.74, 6) is 0.201. The third-order valence-corrected chi connectivity index (χ3v) is 3.10. The number of carbonyl (C=O) groups excluding carboxylic acids is 1. The lowest BCUT2D eigenvalue weighted by atomic mass is 10.0. The fraction of sp³-hybridized carbons (Fsp3) is 0.500. The third kappa shape index (κ3) is 4.73. The first-order valence-corrected chi connectivity index (χ1v) is 6.64. The van der Waals surface area contributed by atoms with Crippen LogP contribution < -0.4 is 10.5 Å². The van der Waals surface area contributed by atoms with Gasteiger partial charge in [-0.15, -0.1) is 0 Å². The van der Waals surface area contributed by atoms with E-state index in [1.54, 1.807) is 19.1 Å². The molecule has 0 bridgehead atoms. The number of nitrogens with two attached hydrogens (primary N) is 1. The highest BCUT2D eigenvalue weighted by Crippen LogP contribution is 2.25. The molecule has 2 N–H and O–H groups in total. The average Bonchev–Trinajstić information content (AvgIpc) is 2.40. The maximum Gasteiger partial charge on any atom is 0.346 e. The minimum atomic E-state index is -0.664. The summed E-state index contributed by atoms with van der Waals surface area (Å²) in [4.78, 5) is 11.4. The Morgan fingerprint density at radius 1 is 1.47 bits per heavy atom. The van der Waals surface area contributed by atoms with Crippen molar-refractivity contribution in [3.8, 4) is 5.75 Å². The monoisotopic (exact) mass is 285 g/mol. The summed E-state index contributed by atoms with van der Waals surface area (Å²) in [5.41, 5.74) is 6.85. The van der Waals surface area contributed by atoms with Gasteiger partial charge in [-0.2, -0.15) is 0 Å². The summed E-state index contributed by atoms with van der Waals surface area (Å²) in [6, 6.07) is 5.33. The maximum atomic E-state index is 11.4. The lowest BCUT2D eigenvalue weighted by Crippen LogP contribution is -2.26. The predicted octanol–water partition coefficient (Wildman–Crippen LogP) is 2.56. The van der Waals surface area contributed by atoms with Gasteiger partial charge in [0.15, 0.2) is 6.10 Å². The molecule has 2 atom stereocenters. The van der Waals surface area contributed by atoms with Crippen molar-refractivity contribution in [3.05, 3.63) is 28.8 Å². The summed E-state index contributed by atoms with van der Waals surface area (Å²) in [7, 11) is 1.33. The molecule has 0 radical (unpaired) electrons. The molecule has 0 amide bonds. The maximum absolute atomic E-state index is 11.4. The van der Waals surface area contributed by atoms with Crippen molar-refractivity contribution in [3.63, 3.8) is 0 Å². The van der Waals surface area contributed by atoms with Gasteiger partial charge in [0.25, 0.3) is 0 Å². The van der Waals surface area contributed by atoms with E-state index in [4.69, 9.17) is 22.1 Å². The first-order chi connectivity index (χ1) is 8.97. The lowest BCUT2D eigenvalue weighted by Gasteiger charge is -2.17. The molecule has 0 heterocycles. The zero-order valence-corrected chi connectivity index (χ0v) is 12.2. The molecule has 5 heteroatoms. The minimum Gasteiger partial charge on any atom is -0.479 e. The number of hydrogen-bond acceptors (Lipinski definition) is 4. The number of hydrogen-bond donors (Lipinski definition) is 1. The molecule has 19 heavy (non-hydrogen) atoms. The Labute approximate surface area is 118 Å². The van der Waals surface area contributed by atoms with E-state index in [0.29, 0.717) is 17.2 Å². The minimum absolute atomic E-state index is 0.0363. The second-order valence-electron chi connectivity index (χ2n) is 4.41. The highest BCUT2D eigenvalue weighted by molar-refractivity contribution is 6.30. The standard InChI is InChI=1S/C14H20ClNO3/c1-4-12(16)8-10-7-11(15)5-6-13(10)19-9(2)14(17)18-3/h5-7,9,12H,4,8,16H2,1-3H3. The zero-order valence-electron chi connectivity index (χ0n) is 11.5. The number of halogens is 1. The van der Waals surface area contributed by atoms with Gasteiger partial charge < -0.3 is 15.2 Å². The van der Waals surface area contributed by atoms with Crippen LogP contribution in [0.5, 0.6) is 5.75 Å². The fourth-order valence-corrected chi connectivity index (χ4v) is 1.85. The Morgan fingerprint density at radius 3 is 2.74 bits per heavy atom. The van der Waals surface area contributed by atoms with Crippen molar-refractivity contribution in [2.45, 2.75) is 38.8 Å². The molecule has 0 aliphatic heterocycles. The van der Waals surface area contributed by atoms with Crippen LogP contribution in [0.15, 0.2) is 18.2 Å². The Kier molecular flexibility index (Phi) is 6.12. The second-order valence-corrected chi connectivity index (χ2v) is 4.84. The highest BCUT2D eigenvalue weighted by atomic mass is 35.5. The molecule has 4 nitrogen and oxygen atoms in total. The van der Waals surface area contributed by atoms with E-state index < -0.39 is 12.1 Å². The van der Waals surface area contributed by atoms with Gasteiger partial charge in [0.1, 0.15) is 5.75 Å². The molecule has 0 aliphatic rings. The number of methoxy groups -OCH3 is 1. The second kappa shape index (κ2) is 7.36. The number of carbonyl (C=O) groups is 1. The SMILES string of the molecule is CCC(N)Cc1cc(Cl)ccc1OC(C)C(=O)OC. The summed E-state index contributed by atoms with van der Waals surface area (Å²) in [6.45, 7) is 3.66. The zero-order chi connectivity index (χ0) is 14.4. The van der Waals surface area contributed by atoms with Crippen molar-refractivity contribution in [1.82, 2.24) is 0 Å². The van der Waals surface area contributed by atoms with Crippen LogP contribution in [0.4, 0.5) is 0 Å². The molecule has 0 aromatic heterocycles. The first kappa shape index (κ1) is 15.8. The molecular weight excluding hydrogens is 266 g/mol. The van der Waals surface area contributed by atoms with E-state index in [1.807, 2.05) is 13.0 Å². The Balaban J connectivity index is 2.90. The molecule has 0 spiro atoms. The molecule has 1 aromatic rings. The van der Waals surface area contributed by atoms with Gasteiger partial charge in [0, 0.05) is 11.1 Å². The quantitative estimate of drug-likeness (QED) is 0.816. The number of benzene rings is 1. The Morgan fingerprint density at radius 2 is 2.16 bits per heavy atom. The van der Waals surface area contributed by atoms with Crippen LogP contribution in [0.3, 0.4) is 0 Å². The molecule has 1 rings (SSSR count). The normalized spacial score (nSPS) is 13.7. The van der Waals surface area contributed by atoms with Crippen LogP contribution in [0.1, 0.15) is 25.8 Å². The molecule has 106 valence electrons. The van der Waals surface area contributed by atoms with Gasteiger partial charge in [0.2, 0.25) is 0 Å². The molecule has 0 aliphatic carbocycles. The molecule has 0 saturated carbocycles. The van der Waals surface area contributed by atoms with E-state index in [9.17, 15) is 4.79 Å². The summed E-state index contributed by atoms with van der Waals surface area (Å²) < 4.78 is 10.2. The number of ether oxygens (including phenoxy) is 2. The van der Waals surface area contributed by atoms with Crippen LogP contribution >= 0.6 is 11.6 Å². The van der Waals surface area contributed by atoms with Crippen LogP contribution in [0.25, 0.3) is 0 Å². The van der Waals surface area contributed by atoms with Gasteiger partial charge in [-0.1, -0.05) is 18.5 Å². The van der Waals surface area contributed by atoms with Crippen molar-refractivity contribution < 1.29 is 14.3 Å². The summed E-state index contributed by atoms with van der Waals surface area (Å²) in [6.07, 6.45) is 0.849. The van der Waals surface area contributed by atoms with Gasteiger partial charge in [-0.25, -0.2) is 4.79 Å². The van der Waals surface area contributed by atoms with E-state index >= 15 is 0 Å². The van der Waals surface area contributed by atoms with E-state index in [-0.39, 0.29) is 6.04 Å². The van der Waals surface area contributed by atoms with Crippen LogP contribution in [0.2, 0.25) is 5.02 Å². The number of esters is 1. The van der Waals surface area contributed by atoms with Gasteiger partial charge >= 0.3 is 5.97 Å². The molecule has 2 unspecified atom stereocenters. The van der Waals surface area contributed by atoms with Crippen molar-refractivity contribution in [1.29, 1.82) is 0 Å². The molecule has 0 saturated heterocycles. The van der Waals surface area contributed by atoms with E-state index in [2.05, 4.69) is 4.74 Å². The van der Waals surface area contributed by atoms with Crippen LogP contribution in [-0.4, -0.2) is 25.2 Å². The third-order valence-electron chi connectivity index (χ3n) is 2.87. The Bertz CT molecular complexity index is 437. The predicted molar refractivity (Wildman–Crippen MR) is 75.5 cm³/mol. The molecule has 0 fully saturated rings. The van der Waals surface area contributed by atoms with Crippen LogP contribution in [0, 0.1) is 0 Å². The lowest BCUT2D eigenvalue weighted by molar-refractivity contribution is -0.147. The largest absolute Gasteiger partial charge is 0.479 e. The number of rotatable bonds is 6. The molecule has 1 aromatic carbocycles. The fourth-order valence-electron chi connectivity index (χ4n) is 1.65. The van der Waals surface area contributed by atoms with Crippen molar-refractivity contribution >= 4 is 17.6 Å². The van der Waals surface area contributed by atoms with E-state index in [0.717, 1.165) is 12.0 Å². The first-order valence-electron chi connectivity index (χ1n) is 6.26. The van der Waals surface area contributed by atoms with Crippen LogP contribution in [-0.2, 0) is 16.0 Å². The van der Waals surface area contributed by atoms with Crippen molar-refractivity contribution in [2.75, 3.05) is 7.11 Å². The smallest absolute Gasteiger partial charge is 0.346 e. The average molecular weight is 286 g/mol. The molecular formula is C14H20ClNO3. The van der Waals surface area contributed by atoms with Crippen molar-refractivity contribution in [2.24, 2.45) is 5.73 Å². The highest BCUT2D eigenvalue weighted by Gasteiger charge is 2.17. The van der Waals surface area contributed by atoms with E-state index in [1.165, 1.54) is 7.11 Å². The Hall–Kier alpha value is -1.26. The van der Waals surface area contributed by atoms with Gasteiger partial charge in [-0.05, 0) is 43.5 Å². The van der Waals surface area contributed by atoms with Gasteiger partial charge in [-0.3, -0.25) is 0 Å². The topological polar surface area (TPSA) is 61.5 Å². The summed E-state index contributed by atoms with van der Waals surface area (Å²) >= 11 is 5.98. The van der Waals surface area contributed by atoms with Gasteiger partial charge in [0.05, 0.1) is 7.11 Å². The summed E-state index contributed by atoms with van der Waals surface area (Å²) in [5, 5.41) is 0.622.